The third kappa shape index (κ3) is 5.25. The molecule has 9 nitrogen and oxygen atoms in total. The first-order valence-electron chi connectivity index (χ1n) is 7.69. The van der Waals surface area contributed by atoms with Gasteiger partial charge in [-0.15, -0.1) is 10.2 Å². The van der Waals surface area contributed by atoms with E-state index in [-0.39, 0.29) is 17.6 Å². The van der Waals surface area contributed by atoms with Crippen molar-refractivity contribution in [2.24, 2.45) is 5.10 Å². The lowest BCUT2D eigenvalue weighted by atomic mass is 10.3. The molecule has 0 aliphatic carbocycles. The predicted molar refractivity (Wildman–Crippen MR) is 101 cm³/mol. The summed E-state index contributed by atoms with van der Waals surface area (Å²) in [6, 6.07) is 9.26. The fraction of sp³-hybridized carbons (Fsp3) is 0.0625. The van der Waals surface area contributed by atoms with E-state index < -0.39 is 5.82 Å². The van der Waals surface area contributed by atoms with Crippen molar-refractivity contribution in [1.82, 2.24) is 19.9 Å². The number of halogens is 1. The number of hydrogen-bond donors (Lipinski definition) is 3. The highest BCUT2D eigenvalue weighted by atomic mass is 32.2. The number of benzene rings is 1. The van der Waals surface area contributed by atoms with Crippen LogP contribution in [-0.2, 0) is 4.79 Å². The molecule has 1 aromatic carbocycles. The van der Waals surface area contributed by atoms with Gasteiger partial charge in [0.25, 0.3) is 5.95 Å². The molecule has 0 saturated heterocycles. The van der Waals surface area contributed by atoms with Crippen molar-refractivity contribution in [3.05, 3.63) is 60.2 Å². The molecule has 0 fully saturated rings. The molecule has 0 spiro atoms. The molecule has 0 atom stereocenters. The van der Waals surface area contributed by atoms with E-state index in [0.29, 0.717) is 10.8 Å². The molecule has 2 aromatic heterocycles. The predicted octanol–water partition coefficient (Wildman–Crippen LogP) is 1.70. The van der Waals surface area contributed by atoms with E-state index in [1.165, 1.54) is 22.9 Å². The minimum Gasteiger partial charge on any atom is -0.334 e. The average Bonchev–Trinajstić information content (AvgIpc) is 3.01. The van der Waals surface area contributed by atoms with E-state index in [1.807, 2.05) is 6.07 Å². The van der Waals surface area contributed by atoms with Crippen molar-refractivity contribution in [2.75, 3.05) is 22.3 Å². The molecule has 0 radical (unpaired) electrons. The summed E-state index contributed by atoms with van der Waals surface area (Å²) < 4.78 is 14.3. The van der Waals surface area contributed by atoms with Crippen LogP contribution < -0.4 is 16.6 Å². The fourth-order valence-corrected chi connectivity index (χ4v) is 2.62. The molecule has 27 heavy (non-hydrogen) atoms. The van der Waals surface area contributed by atoms with Crippen LogP contribution in [-0.4, -0.2) is 37.7 Å². The van der Waals surface area contributed by atoms with Crippen LogP contribution in [0.1, 0.15) is 5.56 Å². The van der Waals surface area contributed by atoms with Gasteiger partial charge in [-0.25, -0.2) is 14.5 Å². The Hall–Kier alpha value is -3.47. The average molecular weight is 386 g/mol. The molecule has 3 rings (SSSR count). The number of carbonyl (C=O) groups excluding carboxylic acids is 1. The second-order valence-electron chi connectivity index (χ2n) is 5.18. The van der Waals surface area contributed by atoms with Crippen LogP contribution in [0.25, 0.3) is 0 Å². The molecule has 2 heterocycles. The number of pyridine rings is 1. The Kier molecular flexibility index (Phi) is 5.94. The molecule has 0 aliphatic heterocycles. The van der Waals surface area contributed by atoms with Gasteiger partial charge in [-0.05, 0) is 24.3 Å². The molecule has 0 aliphatic rings. The lowest BCUT2D eigenvalue weighted by Crippen LogP contribution is -2.17. The summed E-state index contributed by atoms with van der Waals surface area (Å²) in [5.74, 6) is 5.38. The minimum atomic E-state index is -0.426. The number of nitrogens with one attached hydrogen (secondary N) is 2. The third-order valence-corrected chi connectivity index (χ3v) is 4.11. The number of rotatable bonds is 7. The number of nitrogens with two attached hydrogens (primary N) is 1. The molecule has 138 valence electrons. The number of hydrogen-bond acceptors (Lipinski definition) is 8. The van der Waals surface area contributed by atoms with Crippen LogP contribution >= 0.6 is 11.8 Å². The van der Waals surface area contributed by atoms with Gasteiger partial charge in [-0.3, -0.25) is 9.78 Å². The van der Waals surface area contributed by atoms with Gasteiger partial charge < -0.3 is 11.2 Å². The van der Waals surface area contributed by atoms with E-state index in [0.717, 1.165) is 17.3 Å². The van der Waals surface area contributed by atoms with E-state index in [9.17, 15) is 9.18 Å². The Morgan fingerprint density at radius 3 is 3.00 bits per heavy atom. The lowest BCUT2D eigenvalue weighted by Gasteiger charge is -2.05. The summed E-state index contributed by atoms with van der Waals surface area (Å²) in [4.78, 5) is 15.9. The van der Waals surface area contributed by atoms with E-state index >= 15 is 0 Å². The number of thioether (sulfide) groups is 1. The molecular formula is C16H15FN8OS. The van der Waals surface area contributed by atoms with Gasteiger partial charge in [0, 0.05) is 23.6 Å². The quantitative estimate of drug-likeness (QED) is 0.244. The maximum Gasteiger partial charge on any atom is 0.264 e. The van der Waals surface area contributed by atoms with Gasteiger partial charge in [-0.1, -0.05) is 23.9 Å². The normalized spacial score (nSPS) is 10.9. The number of hydrazone groups is 1. The van der Waals surface area contributed by atoms with Crippen molar-refractivity contribution in [2.45, 2.75) is 5.16 Å². The maximum absolute atomic E-state index is 13.1. The Morgan fingerprint density at radius 2 is 2.22 bits per heavy atom. The molecule has 0 unspecified atom stereocenters. The molecule has 11 heteroatoms. The summed E-state index contributed by atoms with van der Waals surface area (Å²) in [7, 11) is 0. The number of aromatic nitrogens is 4. The van der Waals surface area contributed by atoms with Crippen LogP contribution in [0, 0.1) is 5.82 Å². The van der Waals surface area contributed by atoms with Gasteiger partial charge in [0.2, 0.25) is 11.1 Å². The number of carbonyl (C=O) groups is 1. The lowest BCUT2D eigenvalue weighted by molar-refractivity contribution is -0.113. The zero-order valence-electron chi connectivity index (χ0n) is 13.9. The summed E-state index contributed by atoms with van der Waals surface area (Å²) in [6.45, 7) is 0. The topological polar surface area (TPSA) is 123 Å². The largest absolute Gasteiger partial charge is 0.334 e. The van der Waals surface area contributed by atoms with Gasteiger partial charge in [-0.2, -0.15) is 5.10 Å². The number of nitrogen functional groups attached to an aromatic ring is 1. The summed E-state index contributed by atoms with van der Waals surface area (Å²) >= 11 is 1.09. The molecular weight excluding hydrogens is 371 g/mol. The number of anilines is 2. The summed E-state index contributed by atoms with van der Waals surface area (Å²) in [5.41, 5.74) is 3.85. The van der Waals surface area contributed by atoms with Gasteiger partial charge >= 0.3 is 0 Å². The Morgan fingerprint density at radius 1 is 1.33 bits per heavy atom. The smallest absolute Gasteiger partial charge is 0.264 e. The van der Waals surface area contributed by atoms with Crippen LogP contribution in [0.4, 0.5) is 16.0 Å². The standard InChI is InChI=1S/C16H15FN8OS/c17-12-4-1-5-13(7-12)21-14(26)10-27-16-24-23-15(25(16)18)22-20-9-11-3-2-6-19-8-11/h1-9H,10,18H2,(H,21,26)(H,22,23)/b20-9+. The molecule has 4 N–H and O–H groups in total. The van der Waals surface area contributed by atoms with Crippen molar-refractivity contribution in [3.8, 4) is 0 Å². The SMILES string of the molecule is Nn1c(N/N=C/c2cccnc2)nnc1SCC(=O)Nc1cccc(F)c1. The summed E-state index contributed by atoms with van der Waals surface area (Å²) in [5, 5.41) is 14.7. The highest BCUT2D eigenvalue weighted by molar-refractivity contribution is 7.99. The van der Waals surface area contributed by atoms with Crippen molar-refractivity contribution in [1.29, 1.82) is 0 Å². The van der Waals surface area contributed by atoms with Crippen LogP contribution in [0.2, 0.25) is 0 Å². The van der Waals surface area contributed by atoms with E-state index in [2.05, 4.69) is 31.0 Å². The molecule has 3 aromatic rings. The first kappa shape index (κ1) is 18.3. The van der Waals surface area contributed by atoms with Crippen molar-refractivity contribution in [3.63, 3.8) is 0 Å². The number of nitrogens with zero attached hydrogens (tertiary/aromatic N) is 5. The Balaban J connectivity index is 1.52. The first-order valence-corrected chi connectivity index (χ1v) is 8.68. The van der Waals surface area contributed by atoms with E-state index in [4.69, 9.17) is 5.84 Å². The second kappa shape index (κ2) is 8.76. The number of amides is 1. The molecule has 0 saturated carbocycles. The van der Waals surface area contributed by atoms with Gasteiger partial charge in [0.05, 0.1) is 12.0 Å². The first-order chi connectivity index (χ1) is 13.1. The van der Waals surface area contributed by atoms with E-state index in [1.54, 1.807) is 30.7 Å². The Bertz CT molecular complexity index is 947. The van der Waals surface area contributed by atoms with Crippen molar-refractivity contribution >= 4 is 35.5 Å². The van der Waals surface area contributed by atoms with Crippen LogP contribution in [0.3, 0.4) is 0 Å². The zero-order chi connectivity index (χ0) is 19.1. The second-order valence-corrected chi connectivity index (χ2v) is 6.12. The van der Waals surface area contributed by atoms with Gasteiger partial charge in [0.1, 0.15) is 5.82 Å². The maximum atomic E-state index is 13.1. The fourth-order valence-electron chi connectivity index (χ4n) is 1.96. The van der Waals surface area contributed by atoms with Crippen LogP contribution in [0.5, 0.6) is 0 Å². The third-order valence-electron chi connectivity index (χ3n) is 3.17. The monoisotopic (exact) mass is 386 g/mol. The zero-order valence-corrected chi connectivity index (χ0v) is 14.7. The highest BCUT2D eigenvalue weighted by Crippen LogP contribution is 2.17. The molecule has 1 amide bonds. The highest BCUT2D eigenvalue weighted by Gasteiger charge is 2.12. The van der Waals surface area contributed by atoms with Crippen LogP contribution in [0.15, 0.2) is 59.0 Å². The van der Waals surface area contributed by atoms with Crippen molar-refractivity contribution < 1.29 is 9.18 Å². The summed E-state index contributed by atoms with van der Waals surface area (Å²) in [6.07, 6.45) is 4.87. The molecule has 0 bridgehead atoms. The minimum absolute atomic E-state index is 0.0325. The Labute approximate surface area is 157 Å². The van der Waals surface area contributed by atoms with Gasteiger partial charge in [0.15, 0.2) is 0 Å².